The molecule has 5 nitrogen and oxygen atoms in total. The molecule has 0 aromatic heterocycles. The number of carbonyl (C=O) groups is 2. The van der Waals surface area contributed by atoms with Gasteiger partial charge < -0.3 is 19.5 Å². The molecular weight excluding hydrogens is 313 g/mol. The molecule has 0 aliphatic carbocycles. The summed E-state index contributed by atoms with van der Waals surface area (Å²) in [5.74, 6) is -4.20. The van der Waals surface area contributed by atoms with Crippen LogP contribution in [0.1, 0.15) is 0 Å². The van der Waals surface area contributed by atoms with Crippen molar-refractivity contribution >= 4 is 29.2 Å². The van der Waals surface area contributed by atoms with Crippen molar-refractivity contribution in [1.29, 1.82) is 0 Å². The topological polar surface area (TPSA) is 69.7 Å². The zero-order valence-electron chi connectivity index (χ0n) is 11.2. The van der Waals surface area contributed by atoms with E-state index in [1.54, 1.807) is 12.2 Å². The van der Waals surface area contributed by atoms with Gasteiger partial charge >= 0.3 is 0 Å². The van der Waals surface area contributed by atoms with Gasteiger partial charge in [0, 0.05) is 17.6 Å². The van der Waals surface area contributed by atoms with Crippen molar-refractivity contribution in [2.75, 3.05) is 11.4 Å². The van der Waals surface area contributed by atoms with E-state index in [2.05, 4.69) is 0 Å². The van der Waals surface area contributed by atoms with Crippen LogP contribution in [-0.4, -0.2) is 30.1 Å². The number of ether oxygens (including phenoxy) is 1. The third kappa shape index (κ3) is 1.62. The number of carboxylic acid groups (broad SMARTS) is 1. The van der Waals surface area contributed by atoms with Gasteiger partial charge in [0.15, 0.2) is 0 Å². The maximum atomic E-state index is 13.6. The number of hydrogen-bond acceptors (Lipinski definition) is 4. The highest BCUT2D eigenvalue weighted by Crippen LogP contribution is 2.52. The molecule has 3 heterocycles. The Morgan fingerprint density at radius 3 is 2.95 bits per heavy atom. The first-order valence-corrected chi connectivity index (χ1v) is 7.15. The number of amides is 1. The van der Waals surface area contributed by atoms with Crippen LogP contribution in [0.25, 0.3) is 0 Å². The van der Waals surface area contributed by atoms with Crippen molar-refractivity contribution in [1.82, 2.24) is 0 Å². The van der Waals surface area contributed by atoms with Crippen LogP contribution in [0.3, 0.4) is 0 Å². The second-order valence-corrected chi connectivity index (χ2v) is 6.15. The van der Waals surface area contributed by atoms with Crippen molar-refractivity contribution in [2.24, 2.45) is 11.8 Å². The molecule has 3 aliphatic heterocycles. The van der Waals surface area contributed by atoms with Crippen molar-refractivity contribution in [2.45, 2.75) is 11.7 Å². The quantitative estimate of drug-likeness (QED) is 0.744. The van der Waals surface area contributed by atoms with Gasteiger partial charge in [0.25, 0.3) is 0 Å². The van der Waals surface area contributed by atoms with Gasteiger partial charge in [-0.3, -0.25) is 4.79 Å². The minimum absolute atomic E-state index is 0.0431. The van der Waals surface area contributed by atoms with E-state index in [0.29, 0.717) is 5.69 Å². The maximum Gasteiger partial charge on any atom is 0.234 e. The van der Waals surface area contributed by atoms with E-state index in [9.17, 15) is 19.1 Å². The minimum atomic E-state index is -1.31. The van der Waals surface area contributed by atoms with Crippen LogP contribution in [0, 0.1) is 17.7 Å². The van der Waals surface area contributed by atoms with Gasteiger partial charge in [0.1, 0.15) is 11.4 Å². The zero-order valence-corrected chi connectivity index (χ0v) is 11.9. The van der Waals surface area contributed by atoms with Gasteiger partial charge in [-0.15, -0.1) is 0 Å². The third-order valence-corrected chi connectivity index (χ3v) is 4.89. The smallest absolute Gasteiger partial charge is 0.234 e. The Morgan fingerprint density at radius 1 is 1.50 bits per heavy atom. The van der Waals surface area contributed by atoms with Gasteiger partial charge in [-0.05, 0) is 18.2 Å². The lowest BCUT2D eigenvalue weighted by Gasteiger charge is -2.24. The number of nitrogens with zero attached hydrogens (tertiary/aromatic N) is 1. The van der Waals surface area contributed by atoms with Crippen molar-refractivity contribution in [3.8, 4) is 0 Å². The fourth-order valence-electron chi connectivity index (χ4n) is 3.64. The van der Waals surface area contributed by atoms with E-state index < -0.39 is 41.2 Å². The molecule has 114 valence electrons. The molecule has 2 fully saturated rings. The minimum Gasteiger partial charge on any atom is -0.550 e. The number of anilines is 1. The van der Waals surface area contributed by atoms with E-state index in [4.69, 9.17) is 16.3 Å². The van der Waals surface area contributed by atoms with Gasteiger partial charge in [0.05, 0.1) is 23.6 Å². The number of aliphatic carboxylic acids is 1. The fraction of sp³-hybridized carbons (Fsp3) is 0.333. The first-order chi connectivity index (χ1) is 10.4. The Hall–Kier alpha value is -1.92. The van der Waals surface area contributed by atoms with Crippen molar-refractivity contribution in [3.63, 3.8) is 0 Å². The summed E-state index contributed by atoms with van der Waals surface area (Å²) < 4.78 is 19.3. The highest BCUT2D eigenvalue weighted by molar-refractivity contribution is 6.30. The molecular formula is C15H10ClFNO4-. The van der Waals surface area contributed by atoms with E-state index in [-0.39, 0.29) is 11.6 Å². The molecule has 2 bridgehead atoms. The molecule has 7 heteroatoms. The lowest BCUT2D eigenvalue weighted by atomic mass is 9.77. The SMILES string of the molecule is O=C([O-])[C@@H]1[C@@H]2C=C[C@]3(CN(c4ccc(Cl)c(F)c4)C(=O)[C@H]13)O2. The molecule has 0 N–H and O–H groups in total. The first-order valence-electron chi connectivity index (χ1n) is 6.77. The first kappa shape index (κ1) is 13.7. The van der Waals surface area contributed by atoms with E-state index >= 15 is 0 Å². The Morgan fingerprint density at radius 2 is 2.27 bits per heavy atom. The van der Waals surface area contributed by atoms with Crippen LogP contribution >= 0.6 is 11.6 Å². The molecule has 1 aromatic carbocycles. The summed E-state index contributed by atoms with van der Waals surface area (Å²) in [5, 5.41) is 11.3. The van der Waals surface area contributed by atoms with Crippen LogP contribution in [0.15, 0.2) is 30.4 Å². The number of halogens is 2. The van der Waals surface area contributed by atoms with Gasteiger partial charge in [-0.1, -0.05) is 23.8 Å². The predicted molar refractivity (Wildman–Crippen MR) is 72.5 cm³/mol. The lowest BCUT2D eigenvalue weighted by molar-refractivity contribution is -0.313. The van der Waals surface area contributed by atoms with Crippen LogP contribution in [0.4, 0.5) is 10.1 Å². The highest BCUT2D eigenvalue weighted by Gasteiger charge is 2.65. The Kier molecular flexibility index (Phi) is 2.68. The van der Waals surface area contributed by atoms with Crippen LogP contribution in [0.2, 0.25) is 5.02 Å². The summed E-state index contributed by atoms with van der Waals surface area (Å²) in [5.41, 5.74) is -0.643. The summed E-state index contributed by atoms with van der Waals surface area (Å²) in [6.45, 7) is 0.147. The summed E-state index contributed by atoms with van der Waals surface area (Å²) in [7, 11) is 0. The van der Waals surface area contributed by atoms with Crippen LogP contribution in [-0.2, 0) is 14.3 Å². The third-order valence-electron chi connectivity index (χ3n) is 4.59. The Labute approximate surface area is 129 Å². The van der Waals surface area contributed by atoms with Crippen LogP contribution < -0.4 is 10.0 Å². The van der Waals surface area contributed by atoms with E-state index in [1.165, 1.54) is 17.0 Å². The second kappa shape index (κ2) is 4.30. The molecule has 4 atom stereocenters. The zero-order chi connectivity index (χ0) is 15.6. The molecule has 2 saturated heterocycles. The number of carboxylic acids is 1. The van der Waals surface area contributed by atoms with Gasteiger partial charge in [-0.25, -0.2) is 4.39 Å². The van der Waals surface area contributed by atoms with Gasteiger partial charge in [-0.2, -0.15) is 0 Å². The Balaban J connectivity index is 1.74. The second-order valence-electron chi connectivity index (χ2n) is 5.74. The average Bonchev–Trinajstić information content (AvgIpc) is 3.10. The predicted octanol–water partition coefficient (Wildman–Crippen LogP) is 0.515. The fourth-order valence-corrected chi connectivity index (χ4v) is 3.76. The number of rotatable bonds is 2. The molecule has 4 rings (SSSR count). The highest BCUT2D eigenvalue weighted by atomic mass is 35.5. The normalized spacial score (nSPS) is 35.3. The molecule has 1 spiro atoms. The summed E-state index contributed by atoms with van der Waals surface area (Å²) in [4.78, 5) is 25.3. The average molecular weight is 323 g/mol. The standard InChI is InChI=1S/C15H11ClFNO4/c16-8-2-1-7(5-9(8)17)18-6-15-4-3-10(22-15)11(14(20)21)12(15)13(18)19/h1-5,10-12H,6H2,(H,20,21)/p-1/t10-,11+,12-,15+/m0/s1. The number of hydrogen-bond donors (Lipinski definition) is 0. The molecule has 1 amide bonds. The van der Waals surface area contributed by atoms with Gasteiger partial charge in [0.2, 0.25) is 5.91 Å². The lowest BCUT2D eigenvalue weighted by Crippen LogP contribution is -2.45. The largest absolute Gasteiger partial charge is 0.550 e. The molecule has 0 unspecified atom stereocenters. The van der Waals surface area contributed by atoms with E-state index in [0.717, 1.165) is 6.07 Å². The molecule has 22 heavy (non-hydrogen) atoms. The molecule has 0 saturated carbocycles. The Bertz CT molecular complexity index is 736. The summed E-state index contributed by atoms with van der Waals surface area (Å²) >= 11 is 5.65. The number of benzene rings is 1. The molecule has 1 aromatic rings. The number of carbonyl (C=O) groups excluding carboxylic acids is 2. The van der Waals surface area contributed by atoms with Crippen molar-refractivity contribution < 1.29 is 23.8 Å². The van der Waals surface area contributed by atoms with Crippen molar-refractivity contribution in [3.05, 3.63) is 41.2 Å². The maximum absolute atomic E-state index is 13.6. The molecule has 0 radical (unpaired) electrons. The van der Waals surface area contributed by atoms with Crippen LogP contribution in [0.5, 0.6) is 0 Å². The molecule has 3 aliphatic rings. The number of fused-ring (bicyclic) bond motifs is 1. The summed E-state index contributed by atoms with van der Waals surface area (Å²) in [6.07, 6.45) is 2.74. The monoisotopic (exact) mass is 322 g/mol. The summed E-state index contributed by atoms with van der Waals surface area (Å²) in [6, 6.07) is 4.03. The van der Waals surface area contributed by atoms with E-state index in [1.807, 2.05) is 0 Å².